The maximum absolute atomic E-state index is 13.0. The molecule has 0 aliphatic heterocycles. The van der Waals surface area contributed by atoms with Crippen molar-refractivity contribution in [1.82, 2.24) is 0 Å². The third-order valence-electron chi connectivity index (χ3n) is 1.46. The van der Waals surface area contributed by atoms with Gasteiger partial charge in [0.25, 0.3) is 0 Å². The fourth-order valence-electron chi connectivity index (χ4n) is 0.879. The quantitative estimate of drug-likeness (QED) is 0.841. The molecule has 0 saturated carbocycles. The summed E-state index contributed by atoms with van der Waals surface area (Å²) in [5.41, 5.74) is -0.0341. The van der Waals surface area contributed by atoms with Crippen LogP contribution in [0.5, 0.6) is 5.75 Å². The minimum atomic E-state index is -1.14. The smallest absolute Gasteiger partial charge is 0.307 e. The summed E-state index contributed by atoms with van der Waals surface area (Å²) in [6.45, 7) is 0. The van der Waals surface area contributed by atoms with Crippen LogP contribution in [0.1, 0.15) is 5.56 Å². The predicted octanol–water partition coefficient (Wildman–Crippen LogP) is 1.92. The monoisotopic (exact) mass is 248 g/mol. The Balaban J connectivity index is 3.08. The molecule has 0 bridgehead atoms. The van der Waals surface area contributed by atoms with E-state index in [0.717, 1.165) is 12.1 Å². The number of aliphatic carboxylic acids is 1. The molecule has 1 rings (SSSR count). The van der Waals surface area contributed by atoms with Crippen LogP contribution in [0.15, 0.2) is 16.6 Å². The van der Waals surface area contributed by atoms with E-state index in [-0.39, 0.29) is 15.8 Å². The summed E-state index contributed by atoms with van der Waals surface area (Å²) < 4.78 is 13.2. The standard InChI is InChI=1S/C8H6BrFO3/c9-5-3-6(10)4(1-7(5)11)2-8(12)13/h1,3,11H,2H2,(H,12,13). The van der Waals surface area contributed by atoms with Gasteiger partial charge < -0.3 is 10.2 Å². The molecule has 0 aliphatic carbocycles. The van der Waals surface area contributed by atoms with Crippen molar-refractivity contribution >= 4 is 21.9 Å². The maximum atomic E-state index is 13.0. The van der Waals surface area contributed by atoms with Crippen LogP contribution < -0.4 is 0 Å². The Labute approximate surface area is 81.9 Å². The number of benzene rings is 1. The molecule has 0 amide bonds. The van der Waals surface area contributed by atoms with Gasteiger partial charge in [-0.25, -0.2) is 4.39 Å². The third-order valence-corrected chi connectivity index (χ3v) is 2.09. The molecule has 5 heteroatoms. The topological polar surface area (TPSA) is 57.5 Å². The fraction of sp³-hybridized carbons (Fsp3) is 0.125. The Morgan fingerprint density at radius 3 is 2.69 bits per heavy atom. The molecule has 0 spiro atoms. The lowest BCUT2D eigenvalue weighted by molar-refractivity contribution is -0.136. The summed E-state index contributed by atoms with van der Waals surface area (Å²) in [6.07, 6.45) is -0.438. The number of hydrogen-bond donors (Lipinski definition) is 2. The molecule has 1 aromatic carbocycles. The summed E-state index contributed by atoms with van der Waals surface area (Å²) in [6, 6.07) is 2.13. The van der Waals surface area contributed by atoms with Gasteiger partial charge in [0.15, 0.2) is 0 Å². The Morgan fingerprint density at radius 2 is 2.15 bits per heavy atom. The van der Waals surface area contributed by atoms with Crippen molar-refractivity contribution in [2.24, 2.45) is 0 Å². The van der Waals surface area contributed by atoms with Gasteiger partial charge in [-0.15, -0.1) is 0 Å². The van der Waals surface area contributed by atoms with Crippen LogP contribution in [0.25, 0.3) is 0 Å². The number of carbonyl (C=O) groups is 1. The second-order valence-corrected chi connectivity index (χ2v) is 3.32. The highest BCUT2D eigenvalue weighted by atomic mass is 79.9. The van der Waals surface area contributed by atoms with Crippen molar-refractivity contribution in [3.63, 3.8) is 0 Å². The molecular formula is C8H6BrFO3. The average molecular weight is 249 g/mol. The van der Waals surface area contributed by atoms with Crippen molar-refractivity contribution in [3.05, 3.63) is 28.0 Å². The molecular weight excluding hydrogens is 243 g/mol. The van der Waals surface area contributed by atoms with Crippen LogP contribution in [-0.2, 0) is 11.2 Å². The van der Waals surface area contributed by atoms with Crippen molar-refractivity contribution in [2.45, 2.75) is 6.42 Å². The molecule has 0 saturated heterocycles. The fourth-order valence-corrected chi connectivity index (χ4v) is 1.19. The first-order valence-electron chi connectivity index (χ1n) is 3.39. The van der Waals surface area contributed by atoms with E-state index in [1.165, 1.54) is 0 Å². The molecule has 0 radical (unpaired) electrons. The Hall–Kier alpha value is -1.10. The van der Waals surface area contributed by atoms with Crippen LogP contribution in [0, 0.1) is 5.82 Å². The third kappa shape index (κ3) is 2.42. The van der Waals surface area contributed by atoms with Crippen molar-refractivity contribution < 1.29 is 19.4 Å². The highest BCUT2D eigenvalue weighted by Gasteiger charge is 2.10. The van der Waals surface area contributed by atoms with Crippen LogP contribution in [0.2, 0.25) is 0 Å². The SMILES string of the molecule is O=C(O)Cc1cc(O)c(Br)cc1F. The highest BCUT2D eigenvalue weighted by Crippen LogP contribution is 2.26. The first kappa shape index (κ1) is 9.98. The van der Waals surface area contributed by atoms with Gasteiger partial charge in [-0.1, -0.05) is 0 Å². The molecule has 0 heterocycles. The molecule has 0 aromatic heterocycles. The molecule has 70 valence electrons. The van der Waals surface area contributed by atoms with Gasteiger partial charge in [-0.2, -0.15) is 0 Å². The lowest BCUT2D eigenvalue weighted by atomic mass is 10.1. The number of aromatic hydroxyl groups is 1. The first-order chi connectivity index (χ1) is 6.00. The number of hydrogen-bond acceptors (Lipinski definition) is 2. The lowest BCUT2D eigenvalue weighted by Gasteiger charge is -2.02. The van der Waals surface area contributed by atoms with E-state index in [2.05, 4.69) is 15.9 Å². The van der Waals surface area contributed by atoms with Gasteiger partial charge in [0.2, 0.25) is 0 Å². The molecule has 13 heavy (non-hydrogen) atoms. The first-order valence-corrected chi connectivity index (χ1v) is 4.18. The molecule has 1 aromatic rings. The van der Waals surface area contributed by atoms with E-state index >= 15 is 0 Å². The largest absolute Gasteiger partial charge is 0.507 e. The van der Waals surface area contributed by atoms with E-state index in [4.69, 9.17) is 10.2 Å². The second kappa shape index (κ2) is 3.74. The van der Waals surface area contributed by atoms with Gasteiger partial charge in [-0.3, -0.25) is 4.79 Å². The number of phenols is 1. The normalized spacial score (nSPS) is 10.0. The molecule has 3 nitrogen and oxygen atoms in total. The van der Waals surface area contributed by atoms with E-state index in [0.29, 0.717) is 0 Å². The zero-order chi connectivity index (χ0) is 10.0. The summed E-state index contributed by atoms with van der Waals surface area (Å²) in [4.78, 5) is 10.3. The zero-order valence-electron chi connectivity index (χ0n) is 6.42. The van der Waals surface area contributed by atoms with Crippen LogP contribution in [0.4, 0.5) is 4.39 Å². The lowest BCUT2D eigenvalue weighted by Crippen LogP contribution is -2.02. The molecule has 0 atom stereocenters. The number of rotatable bonds is 2. The van der Waals surface area contributed by atoms with Crippen molar-refractivity contribution in [2.75, 3.05) is 0 Å². The van der Waals surface area contributed by atoms with Crippen LogP contribution in [-0.4, -0.2) is 16.2 Å². The molecule has 0 aliphatic rings. The van der Waals surface area contributed by atoms with Gasteiger partial charge in [-0.05, 0) is 28.1 Å². The summed E-state index contributed by atoms with van der Waals surface area (Å²) in [7, 11) is 0. The van der Waals surface area contributed by atoms with E-state index in [1.54, 1.807) is 0 Å². The summed E-state index contributed by atoms with van der Waals surface area (Å²) in [5.74, 6) is -1.95. The minimum absolute atomic E-state index is 0.0341. The summed E-state index contributed by atoms with van der Waals surface area (Å²) >= 11 is 2.91. The van der Waals surface area contributed by atoms with Gasteiger partial charge >= 0.3 is 5.97 Å². The second-order valence-electron chi connectivity index (χ2n) is 2.47. The van der Waals surface area contributed by atoms with Crippen molar-refractivity contribution in [1.29, 1.82) is 0 Å². The average Bonchev–Trinajstić information content (AvgIpc) is 1.99. The Bertz CT molecular complexity index is 351. The Morgan fingerprint density at radius 1 is 1.54 bits per heavy atom. The van der Waals surface area contributed by atoms with Gasteiger partial charge in [0, 0.05) is 5.56 Å². The molecule has 2 N–H and O–H groups in total. The van der Waals surface area contributed by atoms with E-state index in [1.807, 2.05) is 0 Å². The number of carboxylic acids is 1. The zero-order valence-corrected chi connectivity index (χ0v) is 8.01. The summed E-state index contributed by atoms with van der Waals surface area (Å²) in [5, 5.41) is 17.5. The molecule has 0 unspecified atom stereocenters. The van der Waals surface area contributed by atoms with E-state index < -0.39 is 18.2 Å². The highest BCUT2D eigenvalue weighted by molar-refractivity contribution is 9.10. The number of carboxylic acid groups (broad SMARTS) is 1. The maximum Gasteiger partial charge on any atom is 0.307 e. The number of halogens is 2. The molecule has 0 fully saturated rings. The predicted molar refractivity (Wildman–Crippen MR) is 47.1 cm³/mol. The van der Waals surface area contributed by atoms with Crippen LogP contribution in [0.3, 0.4) is 0 Å². The Kier molecular flexibility index (Phi) is 2.87. The van der Waals surface area contributed by atoms with Crippen LogP contribution >= 0.6 is 15.9 Å². The van der Waals surface area contributed by atoms with Gasteiger partial charge in [0.1, 0.15) is 11.6 Å². The minimum Gasteiger partial charge on any atom is -0.507 e. The number of phenolic OH excluding ortho intramolecular Hbond substituents is 1. The van der Waals surface area contributed by atoms with Gasteiger partial charge in [0.05, 0.1) is 10.9 Å². The van der Waals surface area contributed by atoms with Crippen molar-refractivity contribution in [3.8, 4) is 5.75 Å². The van der Waals surface area contributed by atoms with E-state index in [9.17, 15) is 9.18 Å².